The highest BCUT2D eigenvalue weighted by molar-refractivity contribution is 6.36. The number of nitrogens with zero attached hydrogens (tertiary/aromatic N) is 4. The van der Waals surface area contributed by atoms with Crippen molar-refractivity contribution in [1.82, 2.24) is 19.2 Å². The van der Waals surface area contributed by atoms with Crippen LogP contribution in [-0.2, 0) is 17.8 Å². The predicted octanol–water partition coefficient (Wildman–Crippen LogP) is 4.38. The van der Waals surface area contributed by atoms with Crippen molar-refractivity contribution in [3.63, 3.8) is 0 Å². The number of carbonyl (C=O) groups excluding carboxylic acids is 1. The molecule has 0 aliphatic carbocycles. The molecule has 4 rings (SSSR count). The fraction of sp³-hybridized carbons (Fsp3) is 0.150. The number of benzene rings is 1. The van der Waals surface area contributed by atoms with Crippen LogP contribution in [0.15, 0.2) is 55.0 Å². The Morgan fingerprint density at radius 1 is 1.14 bits per heavy atom. The minimum absolute atomic E-state index is 0.166. The van der Waals surface area contributed by atoms with Crippen molar-refractivity contribution in [1.29, 1.82) is 0 Å². The van der Waals surface area contributed by atoms with Crippen LogP contribution < -0.4 is 5.32 Å². The Hall–Kier alpha value is -2.83. The molecule has 0 saturated heterocycles. The summed E-state index contributed by atoms with van der Waals surface area (Å²) in [5.74, 6) is 0.397. The first-order valence-corrected chi connectivity index (χ1v) is 9.44. The van der Waals surface area contributed by atoms with Crippen molar-refractivity contribution in [2.24, 2.45) is 0 Å². The monoisotopic (exact) mass is 413 g/mol. The summed E-state index contributed by atoms with van der Waals surface area (Å²) in [6, 6.07) is 11.0. The number of carbonyl (C=O) groups is 1. The highest BCUT2D eigenvalue weighted by Crippen LogP contribution is 2.26. The van der Waals surface area contributed by atoms with E-state index in [1.807, 2.05) is 35.9 Å². The van der Waals surface area contributed by atoms with Gasteiger partial charge in [0.05, 0.1) is 24.9 Å². The summed E-state index contributed by atoms with van der Waals surface area (Å²) in [4.78, 5) is 17.1. The maximum atomic E-state index is 12.5. The van der Waals surface area contributed by atoms with Crippen LogP contribution in [0.25, 0.3) is 5.65 Å². The van der Waals surface area contributed by atoms with Crippen molar-refractivity contribution in [3.05, 3.63) is 81.9 Å². The highest BCUT2D eigenvalue weighted by Gasteiger charge is 2.13. The molecule has 0 aliphatic heterocycles. The van der Waals surface area contributed by atoms with Crippen LogP contribution >= 0.6 is 23.2 Å². The van der Waals surface area contributed by atoms with Crippen LogP contribution in [0.5, 0.6) is 0 Å². The van der Waals surface area contributed by atoms with E-state index in [2.05, 4.69) is 15.4 Å². The Morgan fingerprint density at radius 2 is 1.93 bits per heavy atom. The summed E-state index contributed by atoms with van der Waals surface area (Å²) in [6.07, 6.45) is 5.57. The summed E-state index contributed by atoms with van der Waals surface area (Å²) in [5.41, 5.74) is 3.36. The van der Waals surface area contributed by atoms with E-state index in [1.165, 1.54) is 0 Å². The lowest BCUT2D eigenvalue weighted by Gasteiger charge is -2.11. The molecule has 6 nitrogen and oxygen atoms in total. The first-order valence-electron chi connectivity index (χ1n) is 8.69. The minimum Gasteiger partial charge on any atom is -0.311 e. The van der Waals surface area contributed by atoms with E-state index >= 15 is 0 Å². The number of rotatable bonds is 5. The molecule has 1 N–H and O–H groups in total. The summed E-state index contributed by atoms with van der Waals surface area (Å²) < 4.78 is 3.57. The third kappa shape index (κ3) is 3.74. The SMILES string of the molecule is Cc1cccn2cc(CC(=O)Nc3ccnn3Cc3c(Cl)cccc3Cl)nc12. The van der Waals surface area contributed by atoms with E-state index < -0.39 is 0 Å². The summed E-state index contributed by atoms with van der Waals surface area (Å²) >= 11 is 12.5. The maximum absolute atomic E-state index is 12.5. The van der Waals surface area contributed by atoms with E-state index in [1.54, 1.807) is 35.1 Å². The smallest absolute Gasteiger partial charge is 0.231 e. The van der Waals surface area contributed by atoms with E-state index in [0.29, 0.717) is 28.1 Å². The second-order valence-corrected chi connectivity index (χ2v) is 7.27. The number of anilines is 1. The third-order valence-corrected chi connectivity index (χ3v) is 5.13. The van der Waals surface area contributed by atoms with Crippen molar-refractivity contribution in [3.8, 4) is 0 Å². The molecule has 0 saturated carbocycles. The van der Waals surface area contributed by atoms with Gasteiger partial charge in [-0.15, -0.1) is 0 Å². The number of imidazole rings is 1. The van der Waals surface area contributed by atoms with Crippen LogP contribution in [0, 0.1) is 6.92 Å². The quantitative estimate of drug-likeness (QED) is 0.527. The number of fused-ring (bicyclic) bond motifs is 1. The van der Waals surface area contributed by atoms with Gasteiger partial charge >= 0.3 is 0 Å². The topological polar surface area (TPSA) is 64.2 Å². The van der Waals surface area contributed by atoms with Crippen molar-refractivity contribution < 1.29 is 4.79 Å². The van der Waals surface area contributed by atoms with Gasteiger partial charge in [0.25, 0.3) is 0 Å². The number of aromatic nitrogens is 4. The third-order valence-electron chi connectivity index (χ3n) is 4.42. The molecule has 0 radical (unpaired) electrons. The van der Waals surface area contributed by atoms with E-state index in [0.717, 1.165) is 16.8 Å². The van der Waals surface area contributed by atoms with Gasteiger partial charge in [-0.2, -0.15) is 5.10 Å². The second kappa shape index (κ2) is 7.66. The molecule has 28 heavy (non-hydrogen) atoms. The Balaban J connectivity index is 1.49. The lowest BCUT2D eigenvalue weighted by Crippen LogP contribution is -2.18. The zero-order valence-electron chi connectivity index (χ0n) is 15.1. The van der Waals surface area contributed by atoms with Gasteiger partial charge in [0, 0.05) is 34.1 Å². The lowest BCUT2D eigenvalue weighted by molar-refractivity contribution is -0.115. The van der Waals surface area contributed by atoms with Gasteiger partial charge in [0.1, 0.15) is 11.5 Å². The average Bonchev–Trinajstić information content (AvgIpc) is 3.25. The number of pyridine rings is 1. The van der Waals surface area contributed by atoms with Crippen LogP contribution in [0.4, 0.5) is 5.82 Å². The molecule has 4 aromatic rings. The van der Waals surface area contributed by atoms with E-state index in [-0.39, 0.29) is 12.3 Å². The molecule has 0 atom stereocenters. The van der Waals surface area contributed by atoms with Crippen LogP contribution in [0.3, 0.4) is 0 Å². The molecule has 1 aromatic carbocycles. The zero-order valence-corrected chi connectivity index (χ0v) is 16.6. The molecule has 0 spiro atoms. The number of hydrogen-bond acceptors (Lipinski definition) is 3. The fourth-order valence-electron chi connectivity index (χ4n) is 3.04. The van der Waals surface area contributed by atoms with Gasteiger partial charge in [-0.3, -0.25) is 4.79 Å². The van der Waals surface area contributed by atoms with Gasteiger partial charge in [-0.05, 0) is 30.7 Å². The molecule has 0 aliphatic rings. The second-order valence-electron chi connectivity index (χ2n) is 6.45. The zero-order chi connectivity index (χ0) is 19.7. The van der Waals surface area contributed by atoms with Gasteiger partial charge in [0.2, 0.25) is 5.91 Å². The number of aryl methyl sites for hydroxylation is 1. The number of nitrogens with one attached hydrogen (secondary N) is 1. The van der Waals surface area contributed by atoms with Gasteiger partial charge < -0.3 is 9.72 Å². The van der Waals surface area contributed by atoms with Gasteiger partial charge in [0.15, 0.2) is 0 Å². The van der Waals surface area contributed by atoms with Gasteiger partial charge in [-0.1, -0.05) is 35.3 Å². The molecule has 3 aromatic heterocycles. The minimum atomic E-state index is -0.173. The van der Waals surface area contributed by atoms with Crippen molar-refractivity contribution >= 4 is 40.6 Å². The summed E-state index contributed by atoms with van der Waals surface area (Å²) in [7, 11) is 0. The Morgan fingerprint density at radius 3 is 2.68 bits per heavy atom. The number of amides is 1. The Bertz CT molecular complexity index is 1140. The van der Waals surface area contributed by atoms with Crippen LogP contribution in [0.2, 0.25) is 10.0 Å². The molecular formula is C20H17Cl2N5O. The molecule has 0 fully saturated rings. The number of halogens is 2. The van der Waals surface area contributed by atoms with Gasteiger partial charge in [-0.25, -0.2) is 9.67 Å². The lowest BCUT2D eigenvalue weighted by atomic mass is 10.2. The fourth-order valence-corrected chi connectivity index (χ4v) is 3.56. The van der Waals surface area contributed by atoms with E-state index in [9.17, 15) is 4.79 Å². The molecule has 1 amide bonds. The van der Waals surface area contributed by atoms with Crippen molar-refractivity contribution in [2.45, 2.75) is 19.9 Å². The normalized spacial score (nSPS) is 11.1. The Labute approximate surface area is 171 Å². The molecule has 3 heterocycles. The first-order chi connectivity index (χ1) is 13.5. The summed E-state index contributed by atoms with van der Waals surface area (Å²) in [5, 5.41) is 8.26. The standard InChI is InChI=1S/C20H17Cl2N5O/c1-13-4-3-9-26-11-14(24-20(13)26)10-19(28)25-18-7-8-23-27(18)12-15-16(21)5-2-6-17(15)22/h2-9,11H,10,12H2,1H3,(H,25,28). The maximum Gasteiger partial charge on any atom is 0.231 e. The first kappa shape index (κ1) is 18.5. The largest absolute Gasteiger partial charge is 0.311 e. The molecular weight excluding hydrogens is 397 g/mol. The Kier molecular flexibility index (Phi) is 5.07. The number of hydrogen-bond donors (Lipinski definition) is 1. The molecule has 142 valence electrons. The molecule has 0 bridgehead atoms. The summed E-state index contributed by atoms with van der Waals surface area (Å²) in [6.45, 7) is 2.35. The van der Waals surface area contributed by atoms with Crippen molar-refractivity contribution in [2.75, 3.05) is 5.32 Å². The molecule has 0 unspecified atom stereocenters. The van der Waals surface area contributed by atoms with E-state index in [4.69, 9.17) is 23.2 Å². The molecule has 8 heteroatoms. The predicted molar refractivity (Wildman–Crippen MR) is 110 cm³/mol. The average molecular weight is 414 g/mol. The van der Waals surface area contributed by atoms with Crippen LogP contribution in [-0.4, -0.2) is 25.1 Å². The highest BCUT2D eigenvalue weighted by atomic mass is 35.5. The van der Waals surface area contributed by atoms with Crippen LogP contribution in [0.1, 0.15) is 16.8 Å².